The first-order chi connectivity index (χ1) is 9.12. The summed E-state index contributed by atoms with van der Waals surface area (Å²) in [6.07, 6.45) is -0.595. The summed E-state index contributed by atoms with van der Waals surface area (Å²) in [5.74, 6) is -0.552. The molecule has 2 saturated heterocycles. The van der Waals surface area contributed by atoms with Gasteiger partial charge < -0.3 is 18.9 Å². The van der Waals surface area contributed by atoms with E-state index in [1.165, 1.54) is 0 Å². The predicted molar refractivity (Wildman–Crippen MR) is 75.2 cm³/mol. The van der Waals surface area contributed by atoms with E-state index in [0.29, 0.717) is 6.42 Å². The summed E-state index contributed by atoms with van der Waals surface area (Å²) in [7, 11) is 0.0469. The van der Waals surface area contributed by atoms with Crippen LogP contribution in [0.15, 0.2) is 0 Å². The van der Waals surface area contributed by atoms with Gasteiger partial charge in [-0.05, 0) is 19.4 Å². The van der Waals surface area contributed by atoms with Crippen LogP contribution in [0.2, 0.25) is 25.2 Å². The van der Waals surface area contributed by atoms with Crippen LogP contribution >= 0.6 is 0 Å². The predicted octanol–water partition coefficient (Wildman–Crippen LogP) is 1.93. The summed E-state index contributed by atoms with van der Waals surface area (Å²) in [6.45, 7) is 10.6. The van der Waals surface area contributed by atoms with Gasteiger partial charge in [0.2, 0.25) is 0 Å². The molecule has 1 aliphatic carbocycles. The molecule has 5 atom stereocenters. The maximum Gasteiger partial charge on any atom is 0.187 e. The van der Waals surface area contributed by atoms with Gasteiger partial charge in [-0.3, -0.25) is 4.79 Å². The van der Waals surface area contributed by atoms with Gasteiger partial charge in [0.15, 0.2) is 23.5 Å². The number of hydrogen-bond donors (Lipinski definition) is 0. The average Bonchev–Trinajstić information content (AvgIpc) is 2.76. The number of carbonyl (C=O) groups is 1. The van der Waals surface area contributed by atoms with Gasteiger partial charge in [-0.15, -0.1) is 0 Å². The topological polar surface area (TPSA) is 54.0 Å². The van der Waals surface area contributed by atoms with Crippen molar-refractivity contribution in [1.29, 1.82) is 0 Å². The Balaban J connectivity index is 1.99. The second kappa shape index (κ2) is 4.13. The second-order valence-electron chi connectivity index (χ2n) is 7.58. The molecular weight excluding hydrogens is 276 g/mol. The van der Waals surface area contributed by atoms with Gasteiger partial charge in [0.05, 0.1) is 8.07 Å². The van der Waals surface area contributed by atoms with Crippen LogP contribution in [0.3, 0.4) is 0 Å². The van der Waals surface area contributed by atoms with Crippen LogP contribution in [0.5, 0.6) is 0 Å². The molecule has 3 rings (SSSR count). The Kier molecular flexibility index (Phi) is 3.03. The zero-order valence-corrected chi connectivity index (χ0v) is 14.1. The summed E-state index contributed by atoms with van der Waals surface area (Å²) < 4.78 is 23.4. The van der Waals surface area contributed by atoms with Gasteiger partial charge in [-0.1, -0.05) is 19.6 Å². The zero-order chi connectivity index (χ0) is 14.9. The van der Waals surface area contributed by atoms with Crippen LogP contribution in [0.1, 0.15) is 20.3 Å². The highest BCUT2D eigenvalue weighted by Gasteiger charge is 2.74. The summed E-state index contributed by atoms with van der Waals surface area (Å²) in [6, 6.07) is 0. The van der Waals surface area contributed by atoms with Crippen molar-refractivity contribution in [2.45, 2.75) is 75.3 Å². The molecule has 2 aliphatic heterocycles. The molecule has 0 N–H and O–H groups in total. The molecular formula is C14H24O5Si. The standard InChI is InChI=1S/C14H24O5Si/c1-13(2)17-10-11(18-13)14(19-12(10)16-3)8(15)7-9(14)20(4,5)6/h9-12H,7H2,1-6H3/t9?,10?,11-,12?,14-/m1/s1. The molecule has 5 nitrogen and oxygen atoms in total. The molecule has 0 aromatic carbocycles. The maximum atomic E-state index is 12.4. The monoisotopic (exact) mass is 300 g/mol. The zero-order valence-electron chi connectivity index (χ0n) is 13.1. The molecule has 3 aliphatic rings. The molecule has 0 amide bonds. The summed E-state index contributed by atoms with van der Waals surface area (Å²) in [4.78, 5) is 12.4. The molecule has 2 heterocycles. The molecule has 0 aromatic heterocycles. The molecule has 3 fully saturated rings. The highest BCUT2D eigenvalue weighted by Crippen LogP contribution is 2.59. The minimum atomic E-state index is -1.54. The number of methoxy groups -OCH3 is 1. The van der Waals surface area contributed by atoms with Crippen LogP contribution < -0.4 is 0 Å². The summed E-state index contributed by atoms with van der Waals surface area (Å²) in [5, 5.41) is 0. The van der Waals surface area contributed by atoms with Crippen LogP contribution in [-0.4, -0.2) is 50.9 Å². The van der Waals surface area contributed by atoms with E-state index in [-0.39, 0.29) is 23.5 Å². The first kappa shape index (κ1) is 14.7. The number of Topliss-reactive ketones (excluding diaryl/α,β-unsaturated/α-hetero) is 1. The van der Waals surface area contributed by atoms with E-state index in [1.807, 2.05) is 13.8 Å². The fourth-order valence-electron chi connectivity index (χ4n) is 3.84. The van der Waals surface area contributed by atoms with Crippen molar-refractivity contribution < 1.29 is 23.7 Å². The highest BCUT2D eigenvalue weighted by atomic mass is 28.3. The van der Waals surface area contributed by atoms with Crippen LogP contribution in [-0.2, 0) is 23.7 Å². The van der Waals surface area contributed by atoms with Crippen molar-refractivity contribution in [2.75, 3.05) is 7.11 Å². The molecule has 0 radical (unpaired) electrons. The van der Waals surface area contributed by atoms with Gasteiger partial charge in [-0.2, -0.15) is 0 Å². The van der Waals surface area contributed by atoms with E-state index < -0.39 is 25.8 Å². The Hall–Kier alpha value is -0.273. The first-order valence-corrected chi connectivity index (χ1v) is 10.8. The Bertz CT molecular complexity index is 443. The van der Waals surface area contributed by atoms with Crippen LogP contribution in [0, 0.1) is 0 Å². The van der Waals surface area contributed by atoms with E-state index in [4.69, 9.17) is 18.9 Å². The average molecular weight is 300 g/mol. The fraction of sp³-hybridized carbons (Fsp3) is 0.929. The van der Waals surface area contributed by atoms with Gasteiger partial charge in [0, 0.05) is 13.5 Å². The van der Waals surface area contributed by atoms with E-state index in [1.54, 1.807) is 7.11 Å². The maximum absolute atomic E-state index is 12.4. The van der Waals surface area contributed by atoms with E-state index >= 15 is 0 Å². The largest absolute Gasteiger partial charge is 0.353 e. The third kappa shape index (κ3) is 1.78. The quantitative estimate of drug-likeness (QED) is 0.729. The number of fused-ring (bicyclic) bond motifs is 2. The van der Waals surface area contributed by atoms with Gasteiger partial charge in [0.1, 0.15) is 12.2 Å². The molecule has 3 unspecified atom stereocenters. The summed E-state index contributed by atoms with van der Waals surface area (Å²) in [5.41, 5.74) is -0.587. The fourth-order valence-corrected chi connectivity index (χ4v) is 6.32. The van der Waals surface area contributed by atoms with E-state index in [2.05, 4.69) is 19.6 Å². The Labute approximate surface area is 120 Å². The number of carbonyl (C=O) groups excluding carboxylic acids is 1. The second-order valence-corrected chi connectivity index (χ2v) is 13.0. The lowest BCUT2D eigenvalue weighted by molar-refractivity contribution is -0.255. The molecule has 20 heavy (non-hydrogen) atoms. The van der Waals surface area contributed by atoms with Crippen molar-refractivity contribution in [3.8, 4) is 0 Å². The molecule has 1 spiro atoms. The lowest BCUT2D eigenvalue weighted by atomic mass is 9.73. The number of ketones is 1. The Morgan fingerprint density at radius 2 is 1.85 bits per heavy atom. The lowest BCUT2D eigenvalue weighted by Crippen LogP contribution is -2.66. The highest BCUT2D eigenvalue weighted by molar-refractivity contribution is 6.79. The Morgan fingerprint density at radius 1 is 1.20 bits per heavy atom. The molecule has 6 heteroatoms. The van der Waals surface area contributed by atoms with Crippen molar-refractivity contribution >= 4 is 13.9 Å². The molecule has 114 valence electrons. The molecule has 0 aromatic rings. The van der Waals surface area contributed by atoms with Crippen molar-refractivity contribution in [2.24, 2.45) is 0 Å². The van der Waals surface area contributed by atoms with Crippen LogP contribution in [0.4, 0.5) is 0 Å². The van der Waals surface area contributed by atoms with Crippen molar-refractivity contribution in [3.05, 3.63) is 0 Å². The van der Waals surface area contributed by atoms with Gasteiger partial charge in [0.25, 0.3) is 0 Å². The summed E-state index contributed by atoms with van der Waals surface area (Å²) >= 11 is 0. The van der Waals surface area contributed by atoms with Crippen molar-refractivity contribution in [1.82, 2.24) is 0 Å². The Morgan fingerprint density at radius 3 is 2.35 bits per heavy atom. The number of rotatable bonds is 2. The van der Waals surface area contributed by atoms with Gasteiger partial charge >= 0.3 is 0 Å². The molecule has 1 saturated carbocycles. The third-order valence-corrected chi connectivity index (χ3v) is 7.48. The minimum Gasteiger partial charge on any atom is -0.353 e. The minimum absolute atomic E-state index is 0.140. The van der Waals surface area contributed by atoms with E-state index in [9.17, 15) is 4.79 Å². The lowest BCUT2D eigenvalue weighted by Gasteiger charge is -2.52. The van der Waals surface area contributed by atoms with E-state index in [0.717, 1.165) is 0 Å². The van der Waals surface area contributed by atoms with Gasteiger partial charge in [-0.25, -0.2) is 0 Å². The molecule has 0 bridgehead atoms. The smallest absolute Gasteiger partial charge is 0.187 e. The normalized spacial score (nSPS) is 46.6. The SMILES string of the molecule is COC1O[C@@]2(C(=O)CC2[Si](C)(C)C)[C@@H]2OC(C)(C)OC12. The third-order valence-electron chi connectivity index (χ3n) is 4.75. The number of ether oxygens (including phenoxy) is 4. The first-order valence-electron chi connectivity index (χ1n) is 7.21. The number of hydrogen-bond acceptors (Lipinski definition) is 5. The van der Waals surface area contributed by atoms with Crippen molar-refractivity contribution in [3.63, 3.8) is 0 Å². The van der Waals surface area contributed by atoms with Crippen LogP contribution in [0.25, 0.3) is 0 Å².